The van der Waals surface area contributed by atoms with Gasteiger partial charge in [0, 0.05) is 34.4 Å². The lowest BCUT2D eigenvalue weighted by atomic mass is 9.95. The van der Waals surface area contributed by atoms with Crippen LogP contribution in [0.2, 0.25) is 0 Å². The van der Waals surface area contributed by atoms with E-state index in [0.29, 0.717) is 41.5 Å². The highest BCUT2D eigenvalue weighted by Crippen LogP contribution is 2.35. The van der Waals surface area contributed by atoms with Crippen molar-refractivity contribution in [2.75, 3.05) is 20.3 Å². The quantitative estimate of drug-likeness (QED) is 0.0771. The zero-order chi connectivity index (χ0) is 33.5. The number of hydrogen-bond donors (Lipinski definition) is 4. The van der Waals surface area contributed by atoms with Crippen molar-refractivity contribution in [3.8, 4) is 17.6 Å². The van der Waals surface area contributed by atoms with Gasteiger partial charge in [-0.1, -0.05) is 42.5 Å². The molecule has 2 heterocycles. The summed E-state index contributed by atoms with van der Waals surface area (Å²) in [5.74, 6) is 0.159. The molecule has 5 rings (SSSR count). The molecule has 3 aromatic carbocycles. The highest BCUT2D eigenvalue weighted by atomic mass is 16.5. The van der Waals surface area contributed by atoms with Crippen LogP contribution in [0, 0.1) is 18.3 Å². The minimum atomic E-state index is -1.16. The Hall–Kier alpha value is -5.80. The number of hydrogen-bond acceptors (Lipinski definition) is 9. The molecule has 4 N–H and O–H groups in total. The van der Waals surface area contributed by atoms with Crippen LogP contribution in [-0.2, 0) is 16.1 Å². The SMILES string of the molecule is CCOc1cc([C@H]2NC(=O)NC(C)=C2C(=O)OC)ccc1OC[C@@H](O)N/N=C/c1c(C)n(Cc2ccccc2C#N)c2ccccc12. The fourth-order valence-corrected chi connectivity index (χ4v) is 5.57. The van der Waals surface area contributed by atoms with Gasteiger partial charge < -0.3 is 34.5 Å². The van der Waals surface area contributed by atoms with Crippen LogP contribution < -0.4 is 25.5 Å². The molecule has 0 spiro atoms. The molecule has 12 heteroatoms. The van der Waals surface area contributed by atoms with Gasteiger partial charge in [-0.2, -0.15) is 10.4 Å². The monoisotopic (exact) mass is 636 g/mol. The summed E-state index contributed by atoms with van der Waals surface area (Å²) in [4.78, 5) is 24.7. The van der Waals surface area contributed by atoms with E-state index in [1.807, 2.05) is 62.4 Å². The number of rotatable bonds is 12. The number of fused-ring (bicyclic) bond motifs is 1. The van der Waals surface area contributed by atoms with E-state index in [1.165, 1.54) is 7.11 Å². The number of esters is 1. The Morgan fingerprint density at radius 1 is 1.13 bits per heavy atom. The van der Waals surface area contributed by atoms with Gasteiger partial charge in [0.15, 0.2) is 17.7 Å². The summed E-state index contributed by atoms with van der Waals surface area (Å²) < 4.78 is 18.7. The first kappa shape index (κ1) is 32.6. The summed E-state index contributed by atoms with van der Waals surface area (Å²) in [7, 11) is 1.28. The highest BCUT2D eigenvalue weighted by Gasteiger charge is 2.32. The number of urea groups is 1. The fraction of sp³-hybridized carbons (Fsp3) is 0.257. The van der Waals surface area contributed by atoms with Crippen LogP contribution in [0.4, 0.5) is 4.79 Å². The van der Waals surface area contributed by atoms with Gasteiger partial charge in [0.2, 0.25) is 0 Å². The van der Waals surface area contributed by atoms with Crippen molar-refractivity contribution in [3.05, 3.63) is 106 Å². The number of carbonyl (C=O) groups excluding carboxylic acids is 2. The summed E-state index contributed by atoms with van der Waals surface area (Å²) in [5.41, 5.74) is 8.35. The van der Waals surface area contributed by atoms with Gasteiger partial charge in [0.1, 0.15) is 6.61 Å². The second-order valence-electron chi connectivity index (χ2n) is 10.8. The number of methoxy groups -OCH3 is 1. The average molecular weight is 637 g/mol. The molecule has 1 aliphatic heterocycles. The number of aliphatic hydroxyl groups is 1. The summed E-state index contributed by atoms with van der Waals surface area (Å²) >= 11 is 0. The van der Waals surface area contributed by atoms with E-state index in [-0.39, 0.29) is 12.2 Å². The molecule has 0 bridgehead atoms. The number of allylic oxidation sites excluding steroid dienone is 1. The lowest BCUT2D eigenvalue weighted by Gasteiger charge is -2.28. The normalized spacial score (nSPS) is 15.1. The van der Waals surface area contributed by atoms with Crippen LogP contribution in [0.15, 0.2) is 83.1 Å². The third-order valence-corrected chi connectivity index (χ3v) is 7.84. The summed E-state index contributed by atoms with van der Waals surface area (Å²) in [5, 5.41) is 30.9. The largest absolute Gasteiger partial charge is 0.490 e. The van der Waals surface area contributed by atoms with Gasteiger partial charge in [-0.05, 0) is 56.2 Å². The van der Waals surface area contributed by atoms with Crippen molar-refractivity contribution in [2.45, 2.75) is 39.6 Å². The zero-order valence-corrected chi connectivity index (χ0v) is 26.5. The minimum absolute atomic E-state index is 0.154. The second-order valence-corrected chi connectivity index (χ2v) is 10.8. The van der Waals surface area contributed by atoms with Gasteiger partial charge in [-0.3, -0.25) is 5.43 Å². The maximum atomic E-state index is 12.5. The van der Waals surface area contributed by atoms with E-state index in [9.17, 15) is 20.0 Å². The predicted molar refractivity (Wildman–Crippen MR) is 176 cm³/mol. The molecule has 47 heavy (non-hydrogen) atoms. The average Bonchev–Trinajstić information content (AvgIpc) is 3.33. The first-order valence-electron chi connectivity index (χ1n) is 15.0. The molecule has 12 nitrogen and oxygen atoms in total. The molecule has 0 fully saturated rings. The molecule has 2 amide bonds. The predicted octanol–water partition coefficient (Wildman–Crippen LogP) is 4.39. The Morgan fingerprint density at radius 3 is 2.66 bits per heavy atom. The number of para-hydroxylation sites is 1. The molecule has 1 aliphatic rings. The van der Waals surface area contributed by atoms with Crippen molar-refractivity contribution in [3.63, 3.8) is 0 Å². The standard InChI is InChI=1S/C35H36N6O6/c1-5-46-30-16-23(33-32(34(43)45-4)21(2)38-35(44)39-33)14-15-29(30)47-20-31(42)40-37-18-27-22(3)41(28-13-9-8-12-26(27)28)19-25-11-7-6-10-24(25)17-36/h6-16,18,31,33,40,42H,5,19-20H2,1-4H3,(H2,38,39,44)/b37-18+/t31-,33-/m1/s1. The first-order chi connectivity index (χ1) is 22.7. The number of nitrogens with one attached hydrogen (secondary N) is 3. The first-order valence-corrected chi connectivity index (χ1v) is 15.0. The number of aliphatic hydroxyl groups excluding tert-OH is 1. The van der Waals surface area contributed by atoms with Crippen molar-refractivity contribution >= 4 is 29.1 Å². The Labute approximate surface area is 272 Å². The second kappa shape index (κ2) is 14.5. The molecule has 0 radical (unpaired) electrons. The van der Waals surface area contributed by atoms with Crippen LogP contribution in [0.5, 0.6) is 11.5 Å². The molecule has 0 unspecified atom stereocenters. The Kier molecular flexibility index (Phi) is 10.1. The van der Waals surface area contributed by atoms with Gasteiger partial charge in [-0.15, -0.1) is 0 Å². The number of nitriles is 1. The van der Waals surface area contributed by atoms with Crippen molar-refractivity contribution in [1.82, 2.24) is 20.6 Å². The Balaban J connectivity index is 1.29. The minimum Gasteiger partial charge on any atom is -0.490 e. The fourth-order valence-electron chi connectivity index (χ4n) is 5.57. The van der Waals surface area contributed by atoms with Crippen molar-refractivity contribution < 1.29 is 28.9 Å². The van der Waals surface area contributed by atoms with E-state index in [1.54, 1.807) is 31.3 Å². The lowest BCUT2D eigenvalue weighted by molar-refractivity contribution is -0.136. The lowest BCUT2D eigenvalue weighted by Crippen LogP contribution is -2.45. The number of carbonyl (C=O) groups is 2. The molecule has 0 saturated carbocycles. The number of ether oxygens (including phenoxy) is 3. The van der Waals surface area contributed by atoms with Crippen molar-refractivity contribution in [2.24, 2.45) is 5.10 Å². The maximum Gasteiger partial charge on any atom is 0.337 e. The topological polar surface area (TPSA) is 159 Å². The van der Waals surface area contributed by atoms with E-state index in [4.69, 9.17) is 14.2 Å². The third kappa shape index (κ3) is 7.05. The van der Waals surface area contributed by atoms with Gasteiger partial charge in [-0.25, -0.2) is 9.59 Å². The molecule has 0 aliphatic carbocycles. The van der Waals surface area contributed by atoms with Crippen LogP contribution in [0.25, 0.3) is 10.9 Å². The van der Waals surface area contributed by atoms with Gasteiger partial charge in [0.25, 0.3) is 0 Å². The highest BCUT2D eigenvalue weighted by molar-refractivity contribution is 6.01. The van der Waals surface area contributed by atoms with E-state index in [2.05, 4.69) is 31.8 Å². The molecule has 1 aromatic heterocycles. The smallest absolute Gasteiger partial charge is 0.337 e. The summed E-state index contributed by atoms with van der Waals surface area (Å²) in [6, 6.07) is 21.6. The molecule has 2 atom stereocenters. The number of amides is 2. The van der Waals surface area contributed by atoms with Crippen molar-refractivity contribution in [1.29, 1.82) is 5.26 Å². The third-order valence-electron chi connectivity index (χ3n) is 7.84. The number of aromatic nitrogens is 1. The Bertz CT molecular complexity index is 1910. The molecule has 0 saturated heterocycles. The summed E-state index contributed by atoms with van der Waals surface area (Å²) in [6.45, 7) is 6.15. The van der Waals surface area contributed by atoms with Crippen LogP contribution in [-0.4, -0.2) is 54.4 Å². The molecule has 4 aromatic rings. The zero-order valence-electron chi connectivity index (χ0n) is 26.5. The van der Waals surface area contributed by atoms with E-state index >= 15 is 0 Å². The molecular weight excluding hydrogens is 600 g/mol. The number of nitrogens with zero attached hydrogens (tertiary/aromatic N) is 3. The van der Waals surface area contributed by atoms with Crippen LogP contribution >= 0.6 is 0 Å². The molecular formula is C35H36N6O6. The van der Waals surface area contributed by atoms with Crippen LogP contribution in [0.1, 0.15) is 47.8 Å². The van der Waals surface area contributed by atoms with Gasteiger partial charge in [0.05, 0.1) is 43.2 Å². The van der Waals surface area contributed by atoms with Gasteiger partial charge >= 0.3 is 12.0 Å². The van der Waals surface area contributed by atoms with E-state index in [0.717, 1.165) is 27.7 Å². The Morgan fingerprint density at radius 2 is 1.89 bits per heavy atom. The molecule has 242 valence electrons. The van der Waals surface area contributed by atoms with Crippen LogP contribution in [0.3, 0.4) is 0 Å². The number of hydrazone groups is 1. The summed E-state index contributed by atoms with van der Waals surface area (Å²) in [6.07, 6.45) is 0.507. The number of benzene rings is 3. The maximum absolute atomic E-state index is 12.5. The van der Waals surface area contributed by atoms with E-state index < -0.39 is 24.3 Å².